The number of rotatable bonds is 5. The SMILES string of the molecule is CCCCC(C)C(C)=NNC(N)=O. The van der Waals surface area contributed by atoms with Gasteiger partial charge in [-0.2, -0.15) is 5.10 Å². The molecule has 1 atom stereocenters. The van der Waals surface area contributed by atoms with Crippen LogP contribution in [0.15, 0.2) is 5.10 Å². The summed E-state index contributed by atoms with van der Waals surface area (Å²) in [5.74, 6) is 0.409. The smallest absolute Gasteiger partial charge is 0.332 e. The molecular weight excluding hydrogens is 166 g/mol. The highest BCUT2D eigenvalue weighted by Crippen LogP contribution is 2.08. The van der Waals surface area contributed by atoms with Crippen LogP contribution in [0.1, 0.15) is 40.0 Å². The zero-order chi connectivity index (χ0) is 10.3. The number of carbonyl (C=O) groups excluding carboxylic acids is 1. The highest BCUT2D eigenvalue weighted by Gasteiger charge is 2.04. The molecule has 0 radical (unpaired) electrons. The lowest BCUT2D eigenvalue weighted by Gasteiger charge is -2.09. The largest absolute Gasteiger partial charge is 0.350 e. The predicted molar refractivity (Wildman–Crippen MR) is 54.5 cm³/mol. The minimum absolute atomic E-state index is 0.409. The number of unbranched alkanes of at least 4 members (excludes halogenated alkanes) is 1. The van der Waals surface area contributed by atoms with E-state index in [2.05, 4.69) is 24.4 Å². The van der Waals surface area contributed by atoms with Crippen LogP contribution >= 0.6 is 0 Å². The number of amides is 2. The molecule has 2 amide bonds. The van der Waals surface area contributed by atoms with E-state index < -0.39 is 6.03 Å². The molecule has 4 nitrogen and oxygen atoms in total. The van der Waals surface area contributed by atoms with Gasteiger partial charge >= 0.3 is 6.03 Å². The summed E-state index contributed by atoms with van der Waals surface area (Å²) in [6.07, 6.45) is 3.47. The Morgan fingerprint density at radius 2 is 2.23 bits per heavy atom. The maximum absolute atomic E-state index is 10.3. The molecule has 4 heteroatoms. The van der Waals surface area contributed by atoms with Gasteiger partial charge in [0, 0.05) is 5.71 Å². The number of nitrogens with one attached hydrogen (secondary N) is 1. The second-order valence-corrected chi connectivity index (χ2v) is 3.27. The first kappa shape index (κ1) is 11.9. The fraction of sp³-hybridized carbons (Fsp3) is 0.778. The van der Waals surface area contributed by atoms with Crippen molar-refractivity contribution in [3.63, 3.8) is 0 Å². The molecule has 0 heterocycles. The van der Waals surface area contributed by atoms with E-state index in [9.17, 15) is 4.79 Å². The van der Waals surface area contributed by atoms with Crippen LogP contribution in [0.3, 0.4) is 0 Å². The van der Waals surface area contributed by atoms with Gasteiger partial charge in [0.15, 0.2) is 0 Å². The van der Waals surface area contributed by atoms with Crippen molar-refractivity contribution in [1.82, 2.24) is 5.43 Å². The van der Waals surface area contributed by atoms with Crippen LogP contribution in [0.4, 0.5) is 4.79 Å². The summed E-state index contributed by atoms with van der Waals surface area (Å²) in [7, 11) is 0. The van der Waals surface area contributed by atoms with Crippen LogP contribution in [-0.4, -0.2) is 11.7 Å². The standard InChI is InChI=1S/C9H19N3O/c1-4-5-6-7(2)8(3)11-12-9(10)13/h7H,4-6H2,1-3H3,(H3,10,12,13). The second kappa shape index (κ2) is 6.46. The Hall–Kier alpha value is -1.06. The maximum atomic E-state index is 10.3. The number of hydrogen-bond acceptors (Lipinski definition) is 2. The minimum atomic E-state index is -0.609. The van der Waals surface area contributed by atoms with E-state index in [4.69, 9.17) is 5.73 Å². The molecular formula is C9H19N3O. The van der Waals surface area contributed by atoms with Crippen LogP contribution in [0, 0.1) is 5.92 Å². The monoisotopic (exact) mass is 185 g/mol. The third-order valence-corrected chi connectivity index (χ3v) is 2.05. The summed E-state index contributed by atoms with van der Waals surface area (Å²) in [4.78, 5) is 10.3. The molecule has 1 unspecified atom stereocenters. The van der Waals surface area contributed by atoms with E-state index in [0.29, 0.717) is 5.92 Å². The van der Waals surface area contributed by atoms with Crippen molar-refractivity contribution in [2.45, 2.75) is 40.0 Å². The van der Waals surface area contributed by atoms with E-state index in [1.165, 1.54) is 12.8 Å². The Bertz CT molecular complexity index is 189. The average Bonchev–Trinajstić information content (AvgIpc) is 2.10. The number of primary amides is 1. The predicted octanol–water partition coefficient (Wildman–Crippen LogP) is 1.86. The molecule has 0 aliphatic carbocycles. The maximum Gasteiger partial charge on any atom is 0.332 e. The van der Waals surface area contributed by atoms with Gasteiger partial charge in [0.25, 0.3) is 0 Å². The van der Waals surface area contributed by atoms with Gasteiger partial charge < -0.3 is 5.73 Å². The Labute approximate surface area is 79.6 Å². The molecule has 0 aliphatic rings. The number of urea groups is 1. The lowest BCUT2D eigenvalue weighted by Crippen LogP contribution is -2.26. The molecule has 0 aromatic rings. The Morgan fingerprint density at radius 3 is 2.69 bits per heavy atom. The van der Waals surface area contributed by atoms with Gasteiger partial charge in [-0.25, -0.2) is 10.2 Å². The van der Waals surface area contributed by atoms with E-state index in [-0.39, 0.29) is 0 Å². The molecule has 0 rings (SSSR count). The van der Waals surface area contributed by atoms with Crippen molar-refractivity contribution in [3.8, 4) is 0 Å². The van der Waals surface area contributed by atoms with Crippen LogP contribution < -0.4 is 11.2 Å². The van der Waals surface area contributed by atoms with Crippen molar-refractivity contribution >= 4 is 11.7 Å². The molecule has 0 fully saturated rings. The van der Waals surface area contributed by atoms with Gasteiger partial charge in [0.2, 0.25) is 0 Å². The van der Waals surface area contributed by atoms with Crippen molar-refractivity contribution in [2.75, 3.05) is 0 Å². The van der Waals surface area contributed by atoms with Crippen LogP contribution in [0.2, 0.25) is 0 Å². The molecule has 0 aromatic carbocycles. The zero-order valence-electron chi connectivity index (χ0n) is 8.63. The molecule has 0 saturated heterocycles. The van der Waals surface area contributed by atoms with Gasteiger partial charge in [-0.1, -0.05) is 26.7 Å². The van der Waals surface area contributed by atoms with Gasteiger partial charge in [-0.05, 0) is 19.3 Å². The zero-order valence-corrected chi connectivity index (χ0v) is 8.63. The fourth-order valence-electron chi connectivity index (χ4n) is 0.973. The van der Waals surface area contributed by atoms with Gasteiger partial charge in [-0.3, -0.25) is 0 Å². The Kier molecular flexibility index (Phi) is 5.93. The number of nitrogens with zero attached hydrogens (tertiary/aromatic N) is 1. The fourth-order valence-corrected chi connectivity index (χ4v) is 0.973. The molecule has 13 heavy (non-hydrogen) atoms. The highest BCUT2D eigenvalue weighted by molar-refractivity contribution is 5.85. The topological polar surface area (TPSA) is 67.5 Å². The molecule has 0 bridgehead atoms. The van der Waals surface area contributed by atoms with Crippen molar-refractivity contribution in [1.29, 1.82) is 0 Å². The summed E-state index contributed by atoms with van der Waals surface area (Å²) in [5, 5.41) is 3.87. The van der Waals surface area contributed by atoms with Crippen LogP contribution in [-0.2, 0) is 0 Å². The number of nitrogens with two attached hydrogens (primary N) is 1. The third kappa shape index (κ3) is 6.13. The lowest BCUT2D eigenvalue weighted by molar-refractivity contribution is 0.249. The first-order valence-electron chi connectivity index (χ1n) is 4.67. The Morgan fingerprint density at radius 1 is 1.62 bits per heavy atom. The van der Waals surface area contributed by atoms with Crippen LogP contribution in [0.25, 0.3) is 0 Å². The van der Waals surface area contributed by atoms with E-state index in [1.807, 2.05) is 6.92 Å². The minimum Gasteiger partial charge on any atom is -0.350 e. The number of hydrazone groups is 1. The van der Waals surface area contributed by atoms with Gasteiger partial charge in [0.05, 0.1) is 0 Å². The van der Waals surface area contributed by atoms with E-state index >= 15 is 0 Å². The summed E-state index contributed by atoms with van der Waals surface area (Å²) in [6.45, 7) is 6.15. The molecule has 0 aliphatic heterocycles. The van der Waals surface area contributed by atoms with Crippen molar-refractivity contribution in [2.24, 2.45) is 16.8 Å². The quantitative estimate of drug-likeness (QED) is 0.498. The average molecular weight is 185 g/mol. The molecule has 0 spiro atoms. The molecule has 76 valence electrons. The number of carbonyl (C=O) groups is 1. The van der Waals surface area contributed by atoms with Crippen molar-refractivity contribution < 1.29 is 4.79 Å². The first-order chi connectivity index (χ1) is 6.07. The molecule has 0 aromatic heterocycles. The summed E-state index contributed by atoms with van der Waals surface area (Å²) >= 11 is 0. The Balaban J connectivity index is 3.85. The van der Waals surface area contributed by atoms with E-state index in [1.54, 1.807) is 0 Å². The summed E-state index contributed by atoms with van der Waals surface area (Å²) < 4.78 is 0. The molecule has 0 saturated carbocycles. The summed E-state index contributed by atoms with van der Waals surface area (Å²) in [5.41, 5.74) is 8.04. The molecule has 3 N–H and O–H groups in total. The van der Waals surface area contributed by atoms with Gasteiger partial charge in [-0.15, -0.1) is 0 Å². The third-order valence-electron chi connectivity index (χ3n) is 2.05. The van der Waals surface area contributed by atoms with Gasteiger partial charge in [0.1, 0.15) is 0 Å². The van der Waals surface area contributed by atoms with Crippen LogP contribution in [0.5, 0.6) is 0 Å². The second-order valence-electron chi connectivity index (χ2n) is 3.27. The van der Waals surface area contributed by atoms with Crippen molar-refractivity contribution in [3.05, 3.63) is 0 Å². The number of hydrogen-bond donors (Lipinski definition) is 2. The summed E-state index contributed by atoms with van der Waals surface area (Å²) in [6, 6.07) is -0.609. The highest BCUT2D eigenvalue weighted by atomic mass is 16.2. The lowest BCUT2D eigenvalue weighted by atomic mass is 10.0. The first-order valence-corrected chi connectivity index (χ1v) is 4.67. The normalized spacial score (nSPS) is 13.9. The van der Waals surface area contributed by atoms with E-state index in [0.717, 1.165) is 12.1 Å².